The van der Waals surface area contributed by atoms with Gasteiger partial charge in [0.15, 0.2) is 5.96 Å². The van der Waals surface area contributed by atoms with Gasteiger partial charge in [-0.1, -0.05) is 37.3 Å². The van der Waals surface area contributed by atoms with Gasteiger partial charge in [-0.15, -0.1) is 24.0 Å². The van der Waals surface area contributed by atoms with Gasteiger partial charge in [-0.25, -0.2) is 0 Å². The minimum Gasteiger partial charge on any atom is -0.357 e. The third-order valence-corrected chi connectivity index (χ3v) is 4.48. The van der Waals surface area contributed by atoms with Gasteiger partial charge in [0.1, 0.15) is 0 Å². The van der Waals surface area contributed by atoms with Crippen molar-refractivity contribution < 1.29 is 0 Å². The highest BCUT2D eigenvalue weighted by molar-refractivity contribution is 14.0. The van der Waals surface area contributed by atoms with Gasteiger partial charge >= 0.3 is 0 Å². The number of likely N-dealkylation sites (tertiary alicyclic amines) is 1. The Balaban J connectivity index is 0.00000288. The van der Waals surface area contributed by atoms with Gasteiger partial charge in [0.25, 0.3) is 0 Å². The summed E-state index contributed by atoms with van der Waals surface area (Å²) >= 11 is 0. The monoisotopic (exact) mass is 444 g/mol. The van der Waals surface area contributed by atoms with Crippen LogP contribution in [0.2, 0.25) is 0 Å². The molecule has 0 spiro atoms. The van der Waals surface area contributed by atoms with Crippen LogP contribution in [0.15, 0.2) is 35.3 Å². The molecule has 0 radical (unpaired) electrons. The highest BCUT2D eigenvalue weighted by Gasteiger charge is 2.19. The van der Waals surface area contributed by atoms with Crippen molar-refractivity contribution in [1.82, 2.24) is 15.5 Å². The molecule has 0 amide bonds. The van der Waals surface area contributed by atoms with Crippen LogP contribution in [0.25, 0.3) is 0 Å². The second-order valence-corrected chi connectivity index (χ2v) is 6.19. The van der Waals surface area contributed by atoms with Gasteiger partial charge in [0.2, 0.25) is 0 Å². The summed E-state index contributed by atoms with van der Waals surface area (Å²) in [4.78, 5) is 7.41. The average molecular weight is 444 g/mol. The highest BCUT2D eigenvalue weighted by Crippen LogP contribution is 2.14. The molecule has 0 bridgehead atoms. The number of aliphatic imine (C=N–C) groups is 1. The number of benzene rings is 1. The van der Waals surface area contributed by atoms with Crippen LogP contribution in [0.4, 0.5) is 0 Å². The first-order valence-corrected chi connectivity index (χ1v) is 9.13. The SMILES string of the molecule is CCNC(=NCC(CC)N1CCCC1)NCCc1ccccc1.I. The second kappa shape index (κ2) is 12.5. The Kier molecular flexibility index (Phi) is 11.1. The van der Waals surface area contributed by atoms with E-state index in [-0.39, 0.29) is 24.0 Å². The Morgan fingerprint density at radius 1 is 1.12 bits per heavy atom. The Morgan fingerprint density at radius 2 is 1.83 bits per heavy atom. The third-order valence-electron chi connectivity index (χ3n) is 4.48. The van der Waals surface area contributed by atoms with Gasteiger partial charge < -0.3 is 10.6 Å². The Bertz CT molecular complexity index is 458. The lowest BCUT2D eigenvalue weighted by atomic mass is 10.1. The Morgan fingerprint density at radius 3 is 2.46 bits per heavy atom. The molecular weight excluding hydrogens is 411 g/mol. The molecule has 0 aliphatic carbocycles. The summed E-state index contributed by atoms with van der Waals surface area (Å²) < 4.78 is 0. The first-order valence-electron chi connectivity index (χ1n) is 9.13. The number of hydrogen-bond acceptors (Lipinski definition) is 2. The number of nitrogens with one attached hydrogen (secondary N) is 2. The Labute approximate surface area is 164 Å². The van der Waals surface area contributed by atoms with Crippen LogP contribution in [0, 0.1) is 0 Å². The normalized spacial score (nSPS) is 16.5. The van der Waals surface area contributed by atoms with Crippen molar-refractivity contribution in [3.63, 3.8) is 0 Å². The number of guanidine groups is 1. The first kappa shape index (κ1) is 21.2. The second-order valence-electron chi connectivity index (χ2n) is 6.19. The molecule has 1 aromatic rings. The first-order chi connectivity index (χ1) is 11.3. The maximum atomic E-state index is 4.81. The van der Waals surface area contributed by atoms with E-state index in [2.05, 4.69) is 59.7 Å². The van der Waals surface area contributed by atoms with Gasteiger partial charge in [-0.2, -0.15) is 0 Å². The molecule has 1 atom stereocenters. The summed E-state index contributed by atoms with van der Waals surface area (Å²) in [5.74, 6) is 0.945. The third kappa shape index (κ3) is 7.38. The average Bonchev–Trinajstić information content (AvgIpc) is 3.11. The van der Waals surface area contributed by atoms with Crippen LogP contribution in [0.1, 0.15) is 38.7 Å². The van der Waals surface area contributed by atoms with Crippen LogP contribution >= 0.6 is 24.0 Å². The zero-order valence-electron chi connectivity index (χ0n) is 15.1. The van der Waals surface area contributed by atoms with Crippen molar-refractivity contribution in [2.24, 2.45) is 4.99 Å². The molecule has 2 rings (SSSR count). The van der Waals surface area contributed by atoms with Crippen LogP contribution in [0.5, 0.6) is 0 Å². The van der Waals surface area contributed by atoms with E-state index in [4.69, 9.17) is 4.99 Å². The number of nitrogens with zero attached hydrogens (tertiary/aromatic N) is 2. The summed E-state index contributed by atoms with van der Waals surface area (Å²) in [5.41, 5.74) is 1.36. The molecule has 1 aromatic carbocycles. The van der Waals surface area contributed by atoms with E-state index in [1.54, 1.807) is 0 Å². The van der Waals surface area contributed by atoms with Gasteiger partial charge in [-0.3, -0.25) is 9.89 Å². The molecule has 1 fully saturated rings. The van der Waals surface area contributed by atoms with Gasteiger partial charge in [0, 0.05) is 19.1 Å². The van der Waals surface area contributed by atoms with Crippen molar-refractivity contribution in [2.45, 2.75) is 45.6 Å². The summed E-state index contributed by atoms with van der Waals surface area (Å²) in [6.45, 7) is 9.57. The predicted octanol–water partition coefficient (Wildman–Crippen LogP) is 3.28. The maximum absolute atomic E-state index is 4.81. The lowest BCUT2D eigenvalue weighted by molar-refractivity contribution is 0.242. The standard InChI is InChI=1S/C19H32N4.HI/c1-3-18(23-14-8-9-15-23)16-22-19(20-4-2)21-13-12-17-10-6-5-7-11-17;/h5-7,10-11,18H,3-4,8-9,12-16H2,1-2H3,(H2,20,21,22);1H. The van der Waals surface area contributed by atoms with E-state index in [0.717, 1.165) is 32.0 Å². The smallest absolute Gasteiger partial charge is 0.191 e. The van der Waals surface area contributed by atoms with E-state index in [1.165, 1.54) is 37.9 Å². The lowest BCUT2D eigenvalue weighted by Crippen LogP contribution is -2.40. The number of hydrogen-bond donors (Lipinski definition) is 2. The van der Waals surface area contributed by atoms with Gasteiger partial charge in [0.05, 0.1) is 6.54 Å². The fourth-order valence-corrected chi connectivity index (χ4v) is 3.12. The molecule has 0 saturated carbocycles. The van der Waals surface area contributed by atoms with Crippen molar-refractivity contribution in [2.75, 3.05) is 32.7 Å². The summed E-state index contributed by atoms with van der Waals surface area (Å²) in [6.07, 6.45) is 4.88. The van der Waals surface area contributed by atoms with E-state index in [1.807, 2.05) is 0 Å². The number of rotatable bonds is 8. The van der Waals surface area contributed by atoms with E-state index in [9.17, 15) is 0 Å². The quantitative estimate of drug-likeness (QED) is 0.367. The molecule has 1 aliphatic heterocycles. The van der Waals surface area contributed by atoms with E-state index < -0.39 is 0 Å². The molecule has 4 nitrogen and oxygen atoms in total. The topological polar surface area (TPSA) is 39.7 Å². The van der Waals surface area contributed by atoms with Crippen LogP contribution in [-0.4, -0.2) is 49.6 Å². The van der Waals surface area contributed by atoms with Gasteiger partial charge in [-0.05, 0) is 51.3 Å². The lowest BCUT2D eigenvalue weighted by Gasteiger charge is -2.25. The van der Waals surface area contributed by atoms with E-state index >= 15 is 0 Å². The molecule has 1 heterocycles. The molecule has 2 N–H and O–H groups in total. The van der Waals surface area contributed by atoms with E-state index in [0.29, 0.717) is 6.04 Å². The molecule has 136 valence electrons. The highest BCUT2D eigenvalue weighted by atomic mass is 127. The maximum Gasteiger partial charge on any atom is 0.191 e. The molecule has 0 aromatic heterocycles. The van der Waals surface area contributed by atoms with Crippen molar-refractivity contribution >= 4 is 29.9 Å². The summed E-state index contributed by atoms with van der Waals surface area (Å²) in [5, 5.41) is 6.82. The fourth-order valence-electron chi connectivity index (χ4n) is 3.12. The zero-order chi connectivity index (χ0) is 16.3. The minimum absolute atomic E-state index is 0. The molecular formula is C19H33IN4. The number of halogens is 1. The van der Waals surface area contributed by atoms with Crippen molar-refractivity contribution in [3.05, 3.63) is 35.9 Å². The van der Waals surface area contributed by atoms with Crippen LogP contribution in [0.3, 0.4) is 0 Å². The largest absolute Gasteiger partial charge is 0.357 e. The van der Waals surface area contributed by atoms with Crippen LogP contribution < -0.4 is 10.6 Å². The fraction of sp³-hybridized carbons (Fsp3) is 0.632. The molecule has 24 heavy (non-hydrogen) atoms. The minimum atomic E-state index is 0. The Hall–Kier alpha value is -0.820. The molecule has 1 aliphatic rings. The predicted molar refractivity (Wildman–Crippen MR) is 114 cm³/mol. The summed E-state index contributed by atoms with van der Waals surface area (Å²) in [6, 6.07) is 11.2. The van der Waals surface area contributed by atoms with Crippen molar-refractivity contribution in [1.29, 1.82) is 0 Å². The zero-order valence-corrected chi connectivity index (χ0v) is 17.5. The van der Waals surface area contributed by atoms with Crippen molar-refractivity contribution in [3.8, 4) is 0 Å². The summed E-state index contributed by atoms with van der Waals surface area (Å²) in [7, 11) is 0. The molecule has 1 unspecified atom stereocenters. The van der Waals surface area contributed by atoms with Crippen LogP contribution in [-0.2, 0) is 6.42 Å². The molecule has 5 heteroatoms. The molecule has 1 saturated heterocycles.